The van der Waals surface area contributed by atoms with Crippen molar-refractivity contribution in [2.45, 2.75) is 6.92 Å². The monoisotopic (exact) mass is 266 g/mol. The molecule has 0 N–H and O–H groups in total. The molecule has 0 radical (unpaired) electrons. The van der Waals surface area contributed by atoms with Crippen LogP contribution in [0.15, 0.2) is 42.7 Å². The smallest absolute Gasteiger partial charge is 0.162 e. The number of hydrogen-bond acceptors (Lipinski definition) is 3. The molecule has 0 amide bonds. The molecule has 4 rings (SSSR count). The number of ether oxygens (including phenoxy) is 2. The molecule has 3 heterocycles. The second-order valence-corrected chi connectivity index (χ2v) is 4.91. The Morgan fingerprint density at radius 2 is 1.95 bits per heavy atom. The van der Waals surface area contributed by atoms with E-state index in [-0.39, 0.29) is 0 Å². The summed E-state index contributed by atoms with van der Waals surface area (Å²) in [5, 5.41) is 0. The number of fused-ring (bicyclic) bond motifs is 2. The topological polar surface area (TPSA) is 35.8 Å². The Labute approximate surface area is 116 Å². The van der Waals surface area contributed by atoms with E-state index >= 15 is 0 Å². The van der Waals surface area contributed by atoms with Crippen LogP contribution in [0.25, 0.3) is 16.9 Å². The largest absolute Gasteiger partial charge is 0.486 e. The summed E-state index contributed by atoms with van der Waals surface area (Å²) in [7, 11) is 0. The normalized spacial score (nSPS) is 13.7. The van der Waals surface area contributed by atoms with Gasteiger partial charge in [-0.1, -0.05) is 6.07 Å². The Morgan fingerprint density at radius 1 is 1.10 bits per heavy atom. The van der Waals surface area contributed by atoms with Crippen LogP contribution in [0, 0.1) is 6.92 Å². The summed E-state index contributed by atoms with van der Waals surface area (Å²) >= 11 is 0. The first-order valence-corrected chi connectivity index (χ1v) is 6.65. The molecule has 4 heteroatoms. The van der Waals surface area contributed by atoms with Gasteiger partial charge in [-0.05, 0) is 36.8 Å². The predicted octanol–water partition coefficient (Wildman–Crippen LogP) is 3.08. The minimum atomic E-state index is 0.598. The minimum absolute atomic E-state index is 0.598. The van der Waals surface area contributed by atoms with Crippen LogP contribution >= 0.6 is 0 Å². The number of pyridine rings is 1. The molecule has 3 aromatic rings. The number of imidazole rings is 1. The third-order valence-electron chi connectivity index (χ3n) is 3.52. The van der Waals surface area contributed by atoms with Crippen LogP contribution in [0.4, 0.5) is 0 Å². The number of hydrogen-bond donors (Lipinski definition) is 0. The van der Waals surface area contributed by atoms with Gasteiger partial charge in [0.25, 0.3) is 0 Å². The molecule has 0 unspecified atom stereocenters. The summed E-state index contributed by atoms with van der Waals surface area (Å²) in [5.74, 6) is 1.60. The van der Waals surface area contributed by atoms with Gasteiger partial charge in [0.2, 0.25) is 0 Å². The quantitative estimate of drug-likeness (QED) is 0.679. The summed E-state index contributed by atoms with van der Waals surface area (Å²) in [4.78, 5) is 4.70. The van der Waals surface area contributed by atoms with Crippen molar-refractivity contribution in [1.29, 1.82) is 0 Å². The summed E-state index contributed by atoms with van der Waals surface area (Å²) < 4.78 is 13.2. The summed E-state index contributed by atoms with van der Waals surface area (Å²) in [6, 6.07) is 10.0. The molecule has 1 aromatic carbocycles. The SMILES string of the molecule is Cc1cccn2cc(-c3ccc4c(c3)OCCO4)nc12. The van der Waals surface area contributed by atoms with Crippen LogP contribution in [0.5, 0.6) is 11.5 Å². The summed E-state index contributed by atoms with van der Waals surface area (Å²) in [6.07, 6.45) is 4.05. The molecule has 0 aliphatic carbocycles. The van der Waals surface area contributed by atoms with Crippen molar-refractivity contribution in [3.8, 4) is 22.8 Å². The first-order valence-electron chi connectivity index (χ1n) is 6.65. The van der Waals surface area contributed by atoms with Crippen molar-refractivity contribution in [2.24, 2.45) is 0 Å². The van der Waals surface area contributed by atoms with Gasteiger partial charge >= 0.3 is 0 Å². The van der Waals surface area contributed by atoms with E-state index in [1.165, 1.54) is 0 Å². The zero-order valence-electron chi connectivity index (χ0n) is 11.2. The van der Waals surface area contributed by atoms with E-state index in [1.807, 2.05) is 41.1 Å². The lowest BCUT2D eigenvalue weighted by Crippen LogP contribution is -2.15. The molecule has 0 fully saturated rings. The van der Waals surface area contributed by atoms with E-state index in [9.17, 15) is 0 Å². The molecule has 1 aliphatic rings. The fourth-order valence-electron chi connectivity index (χ4n) is 2.50. The number of nitrogens with zero attached hydrogens (tertiary/aromatic N) is 2. The molecular formula is C16H14N2O2. The Bertz CT molecular complexity index is 792. The minimum Gasteiger partial charge on any atom is -0.486 e. The van der Waals surface area contributed by atoms with E-state index < -0.39 is 0 Å². The average Bonchev–Trinajstić information content (AvgIpc) is 2.92. The summed E-state index contributed by atoms with van der Waals surface area (Å²) in [5.41, 5.74) is 4.13. The van der Waals surface area contributed by atoms with Crippen molar-refractivity contribution in [1.82, 2.24) is 9.38 Å². The number of rotatable bonds is 1. The Morgan fingerprint density at radius 3 is 2.80 bits per heavy atom. The maximum absolute atomic E-state index is 5.62. The highest BCUT2D eigenvalue weighted by molar-refractivity contribution is 5.67. The van der Waals surface area contributed by atoms with Crippen molar-refractivity contribution in [2.75, 3.05) is 13.2 Å². The second kappa shape index (κ2) is 4.27. The lowest BCUT2D eigenvalue weighted by atomic mass is 10.1. The zero-order valence-corrected chi connectivity index (χ0v) is 11.2. The third kappa shape index (κ3) is 1.72. The summed E-state index contributed by atoms with van der Waals surface area (Å²) in [6.45, 7) is 3.27. The number of benzene rings is 1. The molecule has 0 saturated heterocycles. The highest BCUT2D eigenvalue weighted by atomic mass is 16.6. The predicted molar refractivity (Wildman–Crippen MR) is 76.4 cm³/mol. The van der Waals surface area contributed by atoms with Crippen LogP contribution in [0.2, 0.25) is 0 Å². The standard InChI is InChI=1S/C16H14N2O2/c1-11-3-2-6-18-10-13(17-16(11)18)12-4-5-14-15(9-12)20-8-7-19-14/h2-6,9-10H,7-8H2,1H3. The van der Waals surface area contributed by atoms with Gasteiger partial charge in [0.1, 0.15) is 18.9 Å². The molecule has 2 aromatic heterocycles. The Kier molecular flexibility index (Phi) is 2.42. The first kappa shape index (κ1) is 11.3. The maximum Gasteiger partial charge on any atom is 0.162 e. The lowest BCUT2D eigenvalue weighted by molar-refractivity contribution is 0.171. The van der Waals surface area contributed by atoms with Gasteiger partial charge in [-0.2, -0.15) is 0 Å². The van der Waals surface area contributed by atoms with Crippen LogP contribution in [-0.4, -0.2) is 22.6 Å². The highest BCUT2D eigenvalue weighted by Crippen LogP contribution is 2.34. The van der Waals surface area contributed by atoms with Gasteiger partial charge < -0.3 is 13.9 Å². The van der Waals surface area contributed by atoms with Gasteiger partial charge in [-0.15, -0.1) is 0 Å². The molecule has 0 bridgehead atoms. The molecular weight excluding hydrogens is 252 g/mol. The zero-order chi connectivity index (χ0) is 13.5. The van der Waals surface area contributed by atoms with E-state index in [0.717, 1.165) is 34.0 Å². The molecule has 1 aliphatic heterocycles. The van der Waals surface area contributed by atoms with Gasteiger partial charge in [0.15, 0.2) is 11.5 Å². The lowest BCUT2D eigenvalue weighted by Gasteiger charge is -2.18. The molecule has 0 saturated carbocycles. The Balaban J connectivity index is 1.84. The molecule has 20 heavy (non-hydrogen) atoms. The second-order valence-electron chi connectivity index (χ2n) is 4.91. The van der Waals surface area contributed by atoms with E-state index in [1.54, 1.807) is 0 Å². The van der Waals surface area contributed by atoms with Gasteiger partial charge in [-0.25, -0.2) is 4.98 Å². The van der Waals surface area contributed by atoms with Crippen molar-refractivity contribution >= 4 is 5.65 Å². The van der Waals surface area contributed by atoms with Crippen LogP contribution < -0.4 is 9.47 Å². The number of aromatic nitrogens is 2. The first-order chi connectivity index (χ1) is 9.81. The molecule has 0 spiro atoms. The third-order valence-corrected chi connectivity index (χ3v) is 3.52. The van der Waals surface area contributed by atoms with E-state index in [4.69, 9.17) is 14.5 Å². The molecule has 0 atom stereocenters. The van der Waals surface area contributed by atoms with Crippen LogP contribution in [0.1, 0.15) is 5.56 Å². The fourth-order valence-corrected chi connectivity index (χ4v) is 2.50. The van der Waals surface area contributed by atoms with Gasteiger partial charge in [0.05, 0.1) is 5.69 Å². The highest BCUT2D eigenvalue weighted by Gasteiger charge is 2.14. The van der Waals surface area contributed by atoms with Gasteiger partial charge in [0, 0.05) is 18.0 Å². The molecule has 100 valence electrons. The fraction of sp³-hybridized carbons (Fsp3) is 0.188. The average molecular weight is 266 g/mol. The maximum atomic E-state index is 5.62. The van der Waals surface area contributed by atoms with Crippen molar-refractivity contribution in [3.05, 3.63) is 48.3 Å². The van der Waals surface area contributed by atoms with Crippen LogP contribution in [-0.2, 0) is 0 Å². The van der Waals surface area contributed by atoms with Crippen molar-refractivity contribution < 1.29 is 9.47 Å². The van der Waals surface area contributed by atoms with E-state index in [0.29, 0.717) is 13.2 Å². The van der Waals surface area contributed by atoms with Crippen LogP contribution in [0.3, 0.4) is 0 Å². The van der Waals surface area contributed by atoms with E-state index in [2.05, 4.69) is 13.0 Å². The number of aryl methyl sites for hydroxylation is 1. The molecule has 4 nitrogen and oxygen atoms in total. The van der Waals surface area contributed by atoms with Crippen molar-refractivity contribution in [3.63, 3.8) is 0 Å². The Hall–Kier alpha value is -2.49. The van der Waals surface area contributed by atoms with Gasteiger partial charge in [-0.3, -0.25) is 0 Å².